The molecule has 1 fully saturated rings. The number of benzene rings is 2. The molecule has 4 rings (SSSR count). The first kappa shape index (κ1) is 22.7. The Morgan fingerprint density at radius 3 is 2.39 bits per heavy atom. The third kappa shape index (κ3) is 6.49. The predicted molar refractivity (Wildman–Crippen MR) is 130 cm³/mol. The van der Waals surface area contributed by atoms with Crippen LogP contribution in [-0.2, 0) is 17.8 Å². The highest BCUT2D eigenvalue weighted by molar-refractivity contribution is 5.96. The first-order valence-electron chi connectivity index (χ1n) is 11.5. The summed E-state index contributed by atoms with van der Waals surface area (Å²) in [7, 11) is 0. The molecule has 0 aliphatic carbocycles. The van der Waals surface area contributed by atoms with Crippen LogP contribution < -0.4 is 10.2 Å². The number of anilines is 1. The molecular weight excluding hydrogens is 412 g/mol. The summed E-state index contributed by atoms with van der Waals surface area (Å²) in [6, 6.07) is 23.2. The van der Waals surface area contributed by atoms with Gasteiger partial charge in [0, 0.05) is 44.5 Å². The molecule has 170 valence electrons. The molecule has 6 nitrogen and oxygen atoms in total. The van der Waals surface area contributed by atoms with Crippen LogP contribution in [0.1, 0.15) is 27.9 Å². The van der Waals surface area contributed by atoms with Crippen molar-refractivity contribution in [3.63, 3.8) is 0 Å². The Morgan fingerprint density at radius 2 is 1.67 bits per heavy atom. The largest absolute Gasteiger partial charge is 0.355 e. The van der Waals surface area contributed by atoms with Crippen molar-refractivity contribution < 1.29 is 9.59 Å². The van der Waals surface area contributed by atoms with E-state index in [0.717, 1.165) is 56.8 Å². The van der Waals surface area contributed by atoms with Gasteiger partial charge in [0.1, 0.15) is 12.1 Å². The number of carbonyl (C=O) groups excluding carboxylic acids is 2. The van der Waals surface area contributed by atoms with E-state index < -0.39 is 6.04 Å². The second kappa shape index (κ2) is 11.4. The van der Waals surface area contributed by atoms with E-state index in [-0.39, 0.29) is 5.91 Å². The third-order valence-electron chi connectivity index (χ3n) is 5.95. The molecule has 0 saturated carbocycles. The Hall–Kier alpha value is -3.51. The highest BCUT2D eigenvalue weighted by Gasteiger charge is 2.19. The van der Waals surface area contributed by atoms with Gasteiger partial charge in [-0.05, 0) is 36.1 Å². The summed E-state index contributed by atoms with van der Waals surface area (Å²) < 4.78 is 0. The zero-order chi connectivity index (χ0) is 22.9. The van der Waals surface area contributed by atoms with Gasteiger partial charge in [-0.2, -0.15) is 0 Å². The van der Waals surface area contributed by atoms with Crippen molar-refractivity contribution in [1.29, 1.82) is 0 Å². The molecule has 1 aliphatic rings. The molecule has 1 amide bonds. The lowest BCUT2D eigenvalue weighted by molar-refractivity contribution is -0.109. The van der Waals surface area contributed by atoms with Crippen LogP contribution in [0.25, 0.3) is 0 Å². The minimum Gasteiger partial charge on any atom is -0.355 e. The molecule has 1 saturated heterocycles. The van der Waals surface area contributed by atoms with Crippen LogP contribution in [0.2, 0.25) is 0 Å². The standard InChI is InChI=1S/C27H30N4O2/c32-21-25(18-22-8-3-1-4-9-22)29-27(33)24-12-13-28-26(19-24)31-15-7-14-30(16-17-31)20-23-10-5-2-6-11-23/h1-6,8-13,19,21,25H,7,14-18,20H2,(H,29,33). The molecule has 1 unspecified atom stereocenters. The number of hydrogen-bond donors (Lipinski definition) is 1. The van der Waals surface area contributed by atoms with Crippen LogP contribution >= 0.6 is 0 Å². The second-order valence-corrected chi connectivity index (χ2v) is 8.41. The fourth-order valence-corrected chi connectivity index (χ4v) is 4.19. The molecule has 3 aromatic rings. The summed E-state index contributed by atoms with van der Waals surface area (Å²) in [5.41, 5.74) is 2.85. The Labute approximate surface area is 195 Å². The molecule has 0 bridgehead atoms. The molecule has 1 N–H and O–H groups in total. The van der Waals surface area contributed by atoms with Crippen molar-refractivity contribution in [2.45, 2.75) is 25.4 Å². The summed E-state index contributed by atoms with van der Waals surface area (Å²) in [5.74, 6) is 0.544. The monoisotopic (exact) mass is 442 g/mol. The molecule has 0 spiro atoms. The number of rotatable bonds is 8. The fourth-order valence-electron chi connectivity index (χ4n) is 4.19. The number of amides is 1. The normalized spacial score (nSPS) is 15.5. The van der Waals surface area contributed by atoms with E-state index in [4.69, 9.17) is 0 Å². The Kier molecular flexibility index (Phi) is 7.82. The first-order chi connectivity index (χ1) is 16.2. The van der Waals surface area contributed by atoms with Gasteiger partial charge in [0.05, 0.1) is 6.04 Å². The molecule has 1 aromatic heterocycles. The number of pyridine rings is 1. The maximum Gasteiger partial charge on any atom is 0.252 e. The van der Waals surface area contributed by atoms with E-state index in [2.05, 4.69) is 44.4 Å². The van der Waals surface area contributed by atoms with Crippen LogP contribution in [0.5, 0.6) is 0 Å². The van der Waals surface area contributed by atoms with Gasteiger partial charge in [-0.25, -0.2) is 4.98 Å². The molecular formula is C27H30N4O2. The highest BCUT2D eigenvalue weighted by atomic mass is 16.2. The van der Waals surface area contributed by atoms with Crippen molar-refractivity contribution in [2.75, 3.05) is 31.1 Å². The van der Waals surface area contributed by atoms with Crippen LogP contribution in [0.3, 0.4) is 0 Å². The minimum atomic E-state index is -0.568. The van der Waals surface area contributed by atoms with Crippen LogP contribution in [-0.4, -0.2) is 54.3 Å². The molecule has 33 heavy (non-hydrogen) atoms. The van der Waals surface area contributed by atoms with Gasteiger partial charge in [-0.1, -0.05) is 60.7 Å². The lowest BCUT2D eigenvalue weighted by atomic mass is 10.1. The lowest BCUT2D eigenvalue weighted by Crippen LogP contribution is -2.37. The molecule has 1 aliphatic heterocycles. The van der Waals surface area contributed by atoms with Crippen LogP contribution in [0.4, 0.5) is 5.82 Å². The number of nitrogens with one attached hydrogen (secondary N) is 1. The van der Waals surface area contributed by atoms with E-state index >= 15 is 0 Å². The first-order valence-corrected chi connectivity index (χ1v) is 11.5. The van der Waals surface area contributed by atoms with Crippen molar-refractivity contribution >= 4 is 18.0 Å². The number of aromatic nitrogens is 1. The van der Waals surface area contributed by atoms with Crippen molar-refractivity contribution in [2.24, 2.45) is 0 Å². The molecule has 6 heteroatoms. The highest BCUT2D eigenvalue weighted by Crippen LogP contribution is 2.17. The number of hydrogen-bond acceptors (Lipinski definition) is 5. The molecule has 2 aromatic carbocycles. The van der Waals surface area contributed by atoms with Gasteiger partial charge in [-0.3, -0.25) is 9.69 Å². The third-order valence-corrected chi connectivity index (χ3v) is 5.95. The van der Waals surface area contributed by atoms with Gasteiger partial charge in [0.2, 0.25) is 0 Å². The van der Waals surface area contributed by atoms with E-state index in [9.17, 15) is 9.59 Å². The van der Waals surface area contributed by atoms with E-state index in [1.165, 1.54) is 5.56 Å². The smallest absolute Gasteiger partial charge is 0.252 e. The van der Waals surface area contributed by atoms with Crippen LogP contribution in [0.15, 0.2) is 79.0 Å². The minimum absolute atomic E-state index is 0.257. The van der Waals surface area contributed by atoms with Crippen LogP contribution in [0, 0.1) is 0 Å². The molecule has 0 radical (unpaired) electrons. The van der Waals surface area contributed by atoms with Gasteiger partial charge < -0.3 is 15.0 Å². The fraction of sp³-hybridized carbons (Fsp3) is 0.296. The molecule has 1 atom stereocenters. The summed E-state index contributed by atoms with van der Waals surface area (Å²) in [6.45, 7) is 4.67. The van der Waals surface area contributed by atoms with Gasteiger partial charge in [0.15, 0.2) is 0 Å². The summed E-state index contributed by atoms with van der Waals surface area (Å²) in [6.07, 6.45) is 3.97. The van der Waals surface area contributed by atoms with Gasteiger partial charge >= 0.3 is 0 Å². The second-order valence-electron chi connectivity index (χ2n) is 8.41. The van der Waals surface area contributed by atoms with E-state index in [1.807, 2.05) is 42.5 Å². The predicted octanol–water partition coefficient (Wildman–Crippen LogP) is 3.33. The quantitative estimate of drug-likeness (QED) is 0.542. The maximum absolute atomic E-state index is 12.8. The zero-order valence-electron chi connectivity index (χ0n) is 18.8. The van der Waals surface area contributed by atoms with Gasteiger partial charge in [0.25, 0.3) is 5.91 Å². The lowest BCUT2D eigenvalue weighted by Gasteiger charge is -2.23. The van der Waals surface area contributed by atoms with Crippen molar-refractivity contribution in [1.82, 2.24) is 15.2 Å². The Balaban J connectivity index is 1.36. The van der Waals surface area contributed by atoms with E-state index in [1.54, 1.807) is 12.3 Å². The zero-order valence-corrected chi connectivity index (χ0v) is 18.8. The van der Waals surface area contributed by atoms with Gasteiger partial charge in [-0.15, -0.1) is 0 Å². The Bertz CT molecular complexity index is 1040. The topological polar surface area (TPSA) is 65.5 Å². The molecule has 2 heterocycles. The summed E-state index contributed by atoms with van der Waals surface area (Å²) in [5, 5.41) is 2.85. The average Bonchev–Trinajstić information content (AvgIpc) is 3.10. The van der Waals surface area contributed by atoms with Crippen molar-refractivity contribution in [3.05, 3.63) is 95.7 Å². The van der Waals surface area contributed by atoms with E-state index in [0.29, 0.717) is 12.0 Å². The Morgan fingerprint density at radius 1 is 0.939 bits per heavy atom. The number of aldehydes is 1. The average molecular weight is 443 g/mol. The maximum atomic E-state index is 12.8. The SMILES string of the molecule is O=CC(Cc1ccccc1)NC(=O)c1ccnc(N2CCCN(Cc3ccccc3)CC2)c1. The summed E-state index contributed by atoms with van der Waals surface area (Å²) >= 11 is 0. The summed E-state index contributed by atoms with van der Waals surface area (Å²) in [4.78, 5) is 33.6. The van der Waals surface area contributed by atoms with Crippen molar-refractivity contribution in [3.8, 4) is 0 Å². The number of nitrogens with zero attached hydrogens (tertiary/aromatic N) is 3. The number of carbonyl (C=O) groups is 2.